The highest BCUT2D eigenvalue weighted by Crippen LogP contribution is 2.27. The maximum atomic E-state index is 11.3. The normalized spacial score (nSPS) is 10.2. The van der Waals surface area contributed by atoms with Crippen molar-refractivity contribution in [3.63, 3.8) is 0 Å². The average Bonchev–Trinajstić information content (AvgIpc) is 2.46. The zero-order valence-electron chi connectivity index (χ0n) is 9.23. The van der Waals surface area contributed by atoms with E-state index >= 15 is 0 Å². The van der Waals surface area contributed by atoms with Gasteiger partial charge in [0, 0.05) is 0 Å². The van der Waals surface area contributed by atoms with E-state index in [2.05, 4.69) is 5.32 Å². The lowest BCUT2D eigenvalue weighted by molar-refractivity contribution is 0.0703. The second kappa shape index (κ2) is 4.98. The number of carboxylic acid groups (broad SMARTS) is 1. The number of hydrogen-bond acceptors (Lipinski definition) is 4. The van der Waals surface area contributed by atoms with Gasteiger partial charge in [0.2, 0.25) is 0 Å². The second-order valence-corrected chi connectivity index (χ2v) is 4.39. The molecule has 2 N–H and O–H groups in total. The number of aromatic carboxylic acids is 1. The molecule has 0 fully saturated rings. The highest BCUT2D eigenvalue weighted by molar-refractivity contribution is 7.12. The zero-order valence-corrected chi connectivity index (χ0v) is 10.1. The van der Waals surface area contributed by atoms with Crippen LogP contribution in [0.4, 0.5) is 10.5 Å². The van der Waals surface area contributed by atoms with Crippen LogP contribution in [-0.4, -0.2) is 23.3 Å². The molecule has 1 aromatic rings. The number of rotatable bonds is 3. The molecular weight excluding hydrogens is 230 g/mol. The van der Waals surface area contributed by atoms with E-state index in [9.17, 15) is 9.59 Å². The minimum atomic E-state index is -1.06. The molecule has 0 aliphatic carbocycles. The predicted molar refractivity (Wildman–Crippen MR) is 61.3 cm³/mol. The molecule has 0 unspecified atom stereocenters. The minimum Gasteiger partial charge on any atom is -0.477 e. The molecule has 0 spiro atoms. The van der Waals surface area contributed by atoms with Crippen molar-refractivity contribution in [2.45, 2.75) is 26.9 Å². The van der Waals surface area contributed by atoms with Crippen molar-refractivity contribution in [1.82, 2.24) is 0 Å². The second-order valence-electron chi connectivity index (χ2n) is 3.51. The largest absolute Gasteiger partial charge is 0.477 e. The molecule has 0 saturated carbocycles. The van der Waals surface area contributed by atoms with Gasteiger partial charge in [-0.3, -0.25) is 5.32 Å². The summed E-state index contributed by atoms with van der Waals surface area (Å²) in [6.07, 6.45) is -0.883. The Morgan fingerprint density at radius 2 is 2.12 bits per heavy atom. The molecule has 1 rings (SSSR count). The van der Waals surface area contributed by atoms with Crippen molar-refractivity contribution >= 4 is 29.1 Å². The Bertz CT molecular complexity index is 411. The number of amides is 1. The average molecular weight is 243 g/mol. The van der Waals surface area contributed by atoms with E-state index in [-0.39, 0.29) is 11.0 Å². The van der Waals surface area contributed by atoms with E-state index < -0.39 is 12.1 Å². The summed E-state index contributed by atoms with van der Waals surface area (Å²) in [6, 6.07) is 0. The standard InChI is InChI=1S/C10H13NO4S/c1-5(2)15-10(14)11-7-6(3)4-16-8(7)9(12)13/h4-5H,1-3H3,(H,11,14)(H,12,13). The number of carbonyl (C=O) groups excluding carboxylic acids is 1. The van der Waals surface area contributed by atoms with Crippen molar-refractivity contribution in [2.75, 3.05) is 5.32 Å². The van der Waals surface area contributed by atoms with E-state index in [0.29, 0.717) is 11.3 Å². The summed E-state index contributed by atoms with van der Waals surface area (Å²) in [6.45, 7) is 5.17. The van der Waals surface area contributed by atoms with Crippen LogP contribution in [0.5, 0.6) is 0 Å². The molecule has 0 bridgehead atoms. The van der Waals surface area contributed by atoms with Crippen LogP contribution in [0, 0.1) is 6.92 Å². The molecule has 1 heterocycles. The minimum absolute atomic E-state index is 0.109. The van der Waals surface area contributed by atoms with Gasteiger partial charge in [0.05, 0.1) is 11.8 Å². The fourth-order valence-corrected chi connectivity index (χ4v) is 1.95. The van der Waals surface area contributed by atoms with E-state index in [1.165, 1.54) is 0 Å². The van der Waals surface area contributed by atoms with E-state index in [4.69, 9.17) is 9.84 Å². The Hall–Kier alpha value is -1.56. The molecule has 16 heavy (non-hydrogen) atoms. The van der Waals surface area contributed by atoms with Gasteiger partial charge >= 0.3 is 12.1 Å². The number of ether oxygens (including phenoxy) is 1. The van der Waals surface area contributed by atoms with Crippen molar-refractivity contribution in [3.05, 3.63) is 15.8 Å². The van der Waals surface area contributed by atoms with Crippen LogP contribution in [0.1, 0.15) is 29.1 Å². The summed E-state index contributed by atoms with van der Waals surface area (Å²) in [5.41, 5.74) is 1.02. The molecule has 5 nitrogen and oxygen atoms in total. The SMILES string of the molecule is Cc1csc(C(=O)O)c1NC(=O)OC(C)C. The fourth-order valence-electron chi connectivity index (χ4n) is 1.10. The lowest BCUT2D eigenvalue weighted by Gasteiger charge is -2.09. The number of nitrogens with one attached hydrogen (secondary N) is 1. The van der Waals surface area contributed by atoms with E-state index in [1.807, 2.05) is 0 Å². The molecule has 88 valence electrons. The first-order valence-corrected chi connectivity index (χ1v) is 5.58. The van der Waals surface area contributed by atoms with Gasteiger partial charge in [0.1, 0.15) is 4.88 Å². The fraction of sp³-hybridized carbons (Fsp3) is 0.400. The van der Waals surface area contributed by atoms with Gasteiger partial charge in [-0.2, -0.15) is 0 Å². The van der Waals surface area contributed by atoms with E-state index in [0.717, 1.165) is 11.3 Å². The maximum absolute atomic E-state index is 11.3. The van der Waals surface area contributed by atoms with Crippen LogP contribution in [0.25, 0.3) is 0 Å². The molecule has 1 aromatic heterocycles. The number of thiophene rings is 1. The highest BCUT2D eigenvalue weighted by atomic mass is 32.1. The summed E-state index contributed by atoms with van der Waals surface area (Å²) in [4.78, 5) is 22.3. The molecule has 0 radical (unpaired) electrons. The molecule has 0 aliphatic heterocycles. The van der Waals surface area contributed by atoms with Gasteiger partial charge in [-0.1, -0.05) is 0 Å². The van der Waals surface area contributed by atoms with Crippen molar-refractivity contribution < 1.29 is 19.4 Å². The third-order valence-electron chi connectivity index (χ3n) is 1.74. The molecule has 0 saturated heterocycles. The van der Waals surface area contributed by atoms with Gasteiger partial charge in [-0.25, -0.2) is 9.59 Å². The summed E-state index contributed by atoms with van der Waals surface area (Å²) < 4.78 is 4.87. The molecule has 0 aliphatic rings. The smallest absolute Gasteiger partial charge is 0.411 e. The van der Waals surface area contributed by atoms with Gasteiger partial charge in [0.15, 0.2) is 0 Å². The number of carbonyl (C=O) groups is 2. The van der Waals surface area contributed by atoms with E-state index in [1.54, 1.807) is 26.2 Å². The molecule has 0 aromatic carbocycles. The lowest BCUT2D eigenvalue weighted by Crippen LogP contribution is -2.19. The molecule has 0 atom stereocenters. The van der Waals surface area contributed by atoms with Crippen LogP contribution < -0.4 is 5.32 Å². The monoisotopic (exact) mass is 243 g/mol. The first kappa shape index (κ1) is 12.5. The zero-order chi connectivity index (χ0) is 12.3. The van der Waals surface area contributed by atoms with Gasteiger partial charge in [-0.15, -0.1) is 11.3 Å². The number of anilines is 1. The molecular formula is C10H13NO4S. The first-order valence-electron chi connectivity index (χ1n) is 4.70. The van der Waals surface area contributed by atoms with Crippen molar-refractivity contribution in [2.24, 2.45) is 0 Å². The van der Waals surface area contributed by atoms with Gasteiger partial charge in [0.25, 0.3) is 0 Å². The topological polar surface area (TPSA) is 75.6 Å². The van der Waals surface area contributed by atoms with Crippen LogP contribution in [0.15, 0.2) is 5.38 Å². The summed E-state index contributed by atoms with van der Waals surface area (Å²) >= 11 is 1.08. The third-order valence-corrected chi connectivity index (χ3v) is 2.82. The van der Waals surface area contributed by atoms with Crippen LogP contribution in [0.3, 0.4) is 0 Å². The van der Waals surface area contributed by atoms with Crippen LogP contribution >= 0.6 is 11.3 Å². The Morgan fingerprint density at radius 3 is 2.62 bits per heavy atom. The molecule has 1 amide bonds. The van der Waals surface area contributed by atoms with Crippen molar-refractivity contribution in [1.29, 1.82) is 0 Å². The maximum Gasteiger partial charge on any atom is 0.411 e. The Kier molecular flexibility index (Phi) is 3.89. The highest BCUT2D eigenvalue weighted by Gasteiger charge is 2.18. The summed E-state index contributed by atoms with van der Waals surface area (Å²) in [7, 11) is 0. The number of hydrogen-bond donors (Lipinski definition) is 2. The number of aryl methyl sites for hydroxylation is 1. The Morgan fingerprint density at radius 1 is 1.50 bits per heavy atom. The lowest BCUT2D eigenvalue weighted by atomic mass is 10.3. The quantitative estimate of drug-likeness (QED) is 0.855. The van der Waals surface area contributed by atoms with Crippen LogP contribution in [0.2, 0.25) is 0 Å². The van der Waals surface area contributed by atoms with Gasteiger partial charge in [-0.05, 0) is 31.7 Å². The predicted octanol–water partition coefficient (Wildman–Crippen LogP) is 2.71. The summed E-state index contributed by atoms with van der Waals surface area (Å²) in [5, 5.41) is 13.0. The first-order chi connectivity index (χ1) is 7.41. The van der Waals surface area contributed by atoms with Crippen molar-refractivity contribution in [3.8, 4) is 0 Å². The third kappa shape index (κ3) is 2.96. The molecule has 6 heteroatoms. The summed E-state index contributed by atoms with van der Waals surface area (Å²) in [5.74, 6) is -1.06. The van der Waals surface area contributed by atoms with Gasteiger partial charge < -0.3 is 9.84 Å². The number of carboxylic acids is 1. The Labute approximate surface area is 97.0 Å². The van der Waals surface area contributed by atoms with Crippen LogP contribution in [-0.2, 0) is 4.74 Å². The Balaban J connectivity index is 2.84.